The monoisotopic (exact) mass is 282 g/mol. The highest BCUT2D eigenvalue weighted by Crippen LogP contribution is 2.24. The summed E-state index contributed by atoms with van der Waals surface area (Å²) >= 11 is 11.7. The molecule has 2 rings (SSSR count). The first-order chi connectivity index (χ1) is 8.54. The Morgan fingerprint density at radius 1 is 1.06 bits per heavy atom. The van der Waals surface area contributed by atoms with Crippen molar-refractivity contribution in [3.8, 4) is 17.1 Å². The summed E-state index contributed by atoms with van der Waals surface area (Å²) in [7, 11) is 0. The van der Waals surface area contributed by atoms with Crippen LogP contribution in [0.4, 0.5) is 0 Å². The van der Waals surface area contributed by atoms with Gasteiger partial charge in [-0.1, -0.05) is 35.3 Å². The average molecular weight is 283 g/mol. The highest BCUT2D eigenvalue weighted by atomic mass is 35.5. The first kappa shape index (κ1) is 13.1. The Hall–Kier alpha value is -1.32. The van der Waals surface area contributed by atoms with Crippen LogP contribution in [0.3, 0.4) is 0 Å². The van der Waals surface area contributed by atoms with Crippen LogP contribution < -0.4 is 4.74 Å². The van der Waals surface area contributed by atoms with Crippen LogP contribution in [0, 0.1) is 0 Å². The van der Waals surface area contributed by atoms with Crippen LogP contribution in [0.15, 0.2) is 30.3 Å². The van der Waals surface area contributed by atoms with E-state index in [1.54, 1.807) is 0 Å². The average Bonchev–Trinajstić information content (AvgIpc) is 2.27. The van der Waals surface area contributed by atoms with Crippen molar-refractivity contribution in [3.05, 3.63) is 40.6 Å². The van der Waals surface area contributed by atoms with E-state index < -0.39 is 0 Å². The van der Waals surface area contributed by atoms with Crippen LogP contribution in [-0.4, -0.2) is 16.1 Å². The van der Waals surface area contributed by atoms with Crippen LogP contribution in [0.2, 0.25) is 10.3 Å². The summed E-state index contributed by atoms with van der Waals surface area (Å²) in [6.07, 6.45) is 0.115. The van der Waals surface area contributed by atoms with Gasteiger partial charge in [0.2, 0.25) is 0 Å². The fourth-order valence-electron chi connectivity index (χ4n) is 1.50. The van der Waals surface area contributed by atoms with E-state index in [0.29, 0.717) is 16.1 Å². The molecule has 18 heavy (non-hydrogen) atoms. The van der Waals surface area contributed by atoms with E-state index in [2.05, 4.69) is 9.97 Å². The SMILES string of the molecule is CC(C)Oc1cccc(-c2nc(Cl)cc(Cl)n2)c1. The van der Waals surface area contributed by atoms with Gasteiger partial charge in [0, 0.05) is 11.6 Å². The maximum Gasteiger partial charge on any atom is 0.162 e. The molecule has 0 aliphatic carbocycles. The first-order valence-corrected chi connectivity index (χ1v) is 6.27. The number of nitrogens with zero attached hydrogens (tertiary/aromatic N) is 2. The second-order valence-electron chi connectivity index (χ2n) is 4.03. The molecule has 0 amide bonds. The van der Waals surface area contributed by atoms with E-state index in [-0.39, 0.29) is 6.10 Å². The van der Waals surface area contributed by atoms with Crippen molar-refractivity contribution >= 4 is 23.2 Å². The molecule has 0 radical (unpaired) electrons. The molecule has 0 saturated heterocycles. The molecule has 0 bridgehead atoms. The maximum atomic E-state index is 5.86. The summed E-state index contributed by atoms with van der Waals surface area (Å²) in [5, 5.41) is 0.639. The fraction of sp³-hybridized carbons (Fsp3) is 0.231. The molecule has 0 aliphatic rings. The van der Waals surface area contributed by atoms with E-state index >= 15 is 0 Å². The summed E-state index contributed by atoms with van der Waals surface area (Å²) in [4.78, 5) is 8.28. The second kappa shape index (κ2) is 5.55. The van der Waals surface area contributed by atoms with Crippen LogP contribution in [-0.2, 0) is 0 Å². The van der Waals surface area contributed by atoms with Crippen LogP contribution in [0.25, 0.3) is 11.4 Å². The van der Waals surface area contributed by atoms with Crippen molar-refractivity contribution in [2.75, 3.05) is 0 Å². The minimum atomic E-state index is 0.115. The molecule has 1 heterocycles. The Morgan fingerprint density at radius 3 is 2.33 bits per heavy atom. The van der Waals surface area contributed by atoms with Gasteiger partial charge in [-0.15, -0.1) is 0 Å². The van der Waals surface area contributed by atoms with E-state index in [1.165, 1.54) is 6.07 Å². The Labute approximate surface area is 116 Å². The summed E-state index contributed by atoms with van der Waals surface area (Å²) in [5.41, 5.74) is 0.817. The Kier molecular flexibility index (Phi) is 4.04. The zero-order valence-corrected chi connectivity index (χ0v) is 11.5. The lowest BCUT2D eigenvalue weighted by Crippen LogP contribution is -2.05. The van der Waals surface area contributed by atoms with Gasteiger partial charge >= 0.3 is 0 Å². The van der Waals surface area contributed by atoms with Crippen molar-refractivity contribution in [3.63, 3.8) is 0 Å². The molecule has 0 N–H and O–H groups in total. The number of hydrogen-bond acceptors (Lipinski definition) is 3. The predicted octanol–water partition coefficient (Wildman–Crippen LogP) is 4.24. The summed E-state index contributed by atoms with van der Waals surface area (Å²) in [5.74, 6) is 1.25. The lowest BCUT2D eigenvalue weighted by molar-refractivity contribution is 0.242. The Morgan fingerprint density at radius 2 is 1.72 bits per heavy atom. The minimum Gasteiger partial charge on any atom is -0.491 e. The first-order valence-electron chi connectivity index (χ1n) is 5.52. The lowest BCUT2D eigenvalue weighted by Gasteiger charge is -2.10. The summed E-state index contributed by atoms with van der Waals surface area (Å²) in [6.45, 7) is 3.94. The molecular weight excluding hydrogens is 271 g/mol. The fourth-order valence-corrected chi connectivity index (χ4v) is 1.92. The van der Waals surface area contributed by atoms with E-state index in [0.717, 1.165) is 11.3 Å². The van der Waals surface area contributed by atoms with Gasteiger partial charge in [0.25, 0.3) is 0 Å². The lowest BCUT2D eigenvalue weighted by atomic mass is 10.2. The van der Waals surface area contributed by atoms with Gasteiger partial charge in [-0.25, -0.2) is 9.97 Å². The molecule has 0 unspecified atom stereocenters. The molecule has 3 nitrogen and oxygen atoms in total. The number of rotatable bonds is 3. The zero-order valence-electron chi connectivity index (χ0n) is 10.0. The molecular formula is C13H12Cl2N2O. The molecule has 1 aromatic heterocycles. The highest BCUT2D eigenvalue weighted by molar-refractivity contribution is 6.33. The van der Waals surface area contributed by atoms with E-state index in [4.69, 9.17) is 27.9 Å². The zero-order chi connectivity index (χ0) is 13.1. The smallest absolute Gasteiger partial charge is 0.162 e. The molecule has 0 fully saturated rings. The van der Waals surface area contributed by atoms with Crippen LogP contribution in [0.1, 0.15) is 13.8 Å². The molecule has 94 valence electrons. The van der Waals surface area contributed by atoms with Crippen LogP contribution >= 0.6 is 23.2 Å². The molecule has 0 saturated carbocycles. The van der Waals surface area contributed by atoms with Gasteiger partial charge in [-0.05, 0) is 26.0 Å². The van der Waals surface area contributed by atoms with Crippen molar-refractivity contribution in [2.24, 2.45) is 0 Å². The standard InChI is InChI=1S/C13H12Cl2N2O/c1-8(2)18-10-5-3-4-9(6-10)13-16-11(14)7-12(15)17-13/h3-8H,1-2H3. The number of hydrogen-bond donors (Lipinski definition) is 0. The van der Waals surface area contributed by atoms with Crippen molar-refractivity contribution in [1.82, 2.24) is 9.97 Å². The molecule has 0 spiro atoms. The number of aromatic nitrogens is 2. The Balaban J connectivity index is 2.38. The van der Waals surface area contributed by atoms with Gasteiger partial charge in [-0.2, -0.15) is 0 Å². The van der Waals surface area contributed by atoms with Crippen molar-refractivity contribution in [2.45, 2.75) is 20.0 Å². The number of ether oxygens (including phenoxy) is 1. The minimum absolute atomic E-state index is 0.115. The van der Waals surface area contributed by atoms with Gasteiger partial charge in [0.15, 0.2) is 5.82 Å². The normalized spacial score (nSPS) is 10.7. The maximum absolute atomic E-state index is 5.86. The number of halogens is 2. The van der Waals surface area contributed by atoms with Gasteiger partial charge in [0.05, 0.1) is 6.10 Å². The largest absolute Gasteiger partial charge is 0.491 e. The van der Waals surface area contributed by atoms with Gasteiger partial charge < -0.3 is 4.74 Å². The third-order valence-electron chi connectivity index (χ3n) is 2.13. The Bertz CT molecular complexity index is 538. The quantitative estimate of drug-likeness (QED) is 0.790. The van der Waals surface area contributed by atoms with E-state index in [1.807, 2.05) is 38.1 Å². The second-order valence-corrected chi connectivity index (χ2v) is 4.81. The topological polar surface area (TPSA) is 35.0 Å². The summed E-state index contributed by atoms with van der Waals surface area (Å²) in [6, 6.07) is 9.01. The van der Waals surface area contributed by atoms with Gasteiger partial charge in [0.1, 0.15) is 16.1 Å². The molecule has 2 aromatic rings. The predicted molar refractivity (Wildman–Crippen MR) is 73.3 cm³/mol. The molecule has 5 heteroatoms. The third kappa shape index (κ3) is 3.34. The summed E-state index contributed by atoms with van der Waals surface area (Å²) < 4.78 is 5.62. The molecule has 0 aliphatic heterocycles. The van der Waals surface area contributed by atoms with Crippen molar-refractivity contribution < 1.29 is 4.74 Å². The van der Waals surface area contributed by atoms with Gasteiger partial charge in [-0.3, -0.25) is 0 Å². The molecule has 0 atom stereocenters. The van der Waals surface area contributed by atoms with Crippen molar-refractivity contribution in [1.29, 1.82) is 0 Å². The van der Waals surface area contributed by atoms with Crippen LogP contribution in [0.5, 0.6) is 5.75 Å². The molecule has 1 aromatic carbocycles. The number of benzene rings is 1. The van der Waals surface area contributed by atoms with E-state index in [9.17, 15) is 0 Å². The highest BCUT2D eigenvalue weighted by Gasteiger charge is 2.06. The third-order valence-corrected chi connectivity index (χ3v) is 2.51.